The highest BCUT2D eigenvalue weighted by molar-refractivity contribution is 6.35. The van der Waals surface area contributed by atoms with E-state index < -0.39 is 0 Å². The minimum atomic E-state index is 0.514. The van der Waals surface area contributed by atoms with Gasteiger partial charge in [0.05, 0.1) is 0 Å². The minimum Gasteiger partial charge on any atom is -0.372 e. The molecule has 0 fully saturated rings. The van der Waals surface area contributed by atoms with Crippen molar-refractivity contribution in [3.8, 4) is 0 Å². The van der Waals surface area contributed by atoms with Gasteiger partial charge < -0.3 is 4.74 Å². The topological polar surface area (TPSA) is 28.9 Å². The van der Waals surface area contributed by atoms with E-state index in [1.807, 2.05) is 24.3 Å². The molecule has 1 aromatic heterocycles. The standard InChI is InChI=1S/C16H14Cl2N2O/c1-21-10-16-19-14-4-2-3-5-15(14)20(16)9-11-6-7-12(17)8-13(11)18/h2-8H,9-10H2,1H3/p+1. The molecule has 2 aromatic carbocycles. The molecule has 108 valence electrons. The number of fused-ring (bicyclic) bond motifs is 1. The average Bonchev–Trinajstić information content (AvgIpc) is 2.80. The Labute approximate surface area is 133 Å². The molecular formula is C16H15Cl2N2O+. The molecule has 3 aromatic rings. The average molecular weight is 322 g/mol. The van der Waals surface area contributed by atoms with Crippen molar-refractivity contribution in [2.24, 2.45) is 0 Å². The Kier molecular flexibility index (Phi) is 4.15. The summed E-state index contributed by atoms with van der Waals surface area (Å²) in [6.45, 7) is 1.18. The molecule has 3 rings (SSSR count). The number of hydrogen-bond donors (Lipinski definition) is 1. The highest BCUT2D eigenvalue weighted by Crippen LogP contribution is 2.21. The molecule has 1 N–H and O–H groups in total. The van der Waals surface area contributed by atoms with Gasteiger partial charge in [0.15, 0.2) is 11.0 Å². The van der Waals surface area contributed by atoms with Gasteiger partial charge in [-0.1, -0.05) is 41.4 Å². The molecule has 0 aliphatic rings. The molecule has 0 spiro atoms. The van der Waals surface area contributed by atoms with Crippen molar-refractivity contribution in [1.29, 1.82) is 0 Å². The maximum absolute atomic E-state index is 6.29. The third-order valence-electron chi connectivity index (χ3n) is 3.42. The van der Waals surface area contributed by atoms with Gasteiger partial charge in [-0.25, -0.2) is 9.55 Å². The van der Waals surface area contributed by atoms with Crippen LogP contribution in [0.1, 0.15) is 11.4 Å². The van der Waals surface area contributed by atoms with Gasteiger partial charge in [-0.05, 0) is 24.3 Å². The normalized spacial score (nSPS) is 11.2. The van der Waals surface area contributed by atoms with Crippen LogP contribution in [0.5, 0.6) is 0 Å². The van der Waals surface area contributed by atoms with Gasteiger partial charge in [-0.2, -0.15) is 0 Å². The van der Waals surface area contributed by atoms with Crippen molar-refractivity contribution in [2.45, 2.75) is 13.2 Å². The molecule has 3 nitrogen and oxygen atoms in total. The largest absolute Gasteiger partial charge is 0.372 e. The van der Waals surface area contributed by atoms with Crippen molar-refractivity contribution in [3.05, 3.63) is 63.9 Å². The third-order valence-corrected chi connectivity index (χ3v) is 4.01. The quantitative estimate of drug-likeness (QED) is 0.724. The molecule has 0 saturated heterocycles. The van der Waals surface area contributed by atoms with Crippen LogP contribution >= 0.6 is 23.2 Å². The Balaban J connectivity index is 2.07. The molecular weight excluding hydrogens is 307 g/mol. The number of aromatic amines is 1. The van der Waals surface area contributed by atoms with E-state index in [2.05, 4.69) is 21.7 Å². The Bertz CT molecular complexity index is 783. The van der Waals surface area contributed by atoms with E-state index in [1.165, 1.54) is 0 Å². The van der Waals surface area contributed by atoms with Crippen LogP contribution in [0, 0.1) is 0 Å². The van der Waals surface area contributed by atoms with Crippen LogP contribution in [0.2, 0.25) is 10.0 Å². The number of benzene rings is 2. The number of halogens is 2. The van der Waals surface area contributed by atoms with Crippen LogP contribution in [-0.2, 0) is 17.9 Å². The predicted molar refractivity (Wildman–Crippen MR) is 84.8 cm³/mol. The smallest absolute Gasteiger partial charge is 0.281 e. The lowest BCUT2D eigenvalue weighted by Crippen LogP contribution is -2.38. The van der Waals surface area contributed by atoms with Crippen molar-refractivity contribution >= 4 is 34.2 Å². The zero-order chi connectivity index (χ0) is 14.8. The molecule has 0 aliphatic heterocycles. The first-order valence-corrected chi connectivity index (χ1v) is 7.37. The van der Waals surface area contributed by atoms with Gasteiger partial charge in [0.25, 0.3) is 5.82 Å². The fourth-order valence-corrected chi connectivity index (χ4v) is 2.90. The maximum Gasteiger partial charge on any atom is 0.281 e. The summed E-state index contributed by atoms with van der Waals surface area (Å²) in [6, 6.07) is 13.7. The van der Waals surface area contributed by atoms with Gasteiger partial charge in [-0.15, -0.1) is 0 Å². The zero-order valence-electron chi connectivity index (χ0n) is 11.6. The lowest BCUT2D eigenvalue weighted by atomic mass is 10.2. The zero-order valence-corrected chi connectivity index (χ0v) is 13.1. The van der Waals surface area contributed by atoms with E-state index in [-0.39, 0.29) is 0 Å². The van der Waals surface area contributed by atoms with E-state index >= 15 is 0 Å². The number of para-hydroxylation sites is 2. The van der Waals surface area contributed by atoms with E-state index in [0.717, 1.165) is 22.4 Å². The summed E-state index contributed by atoms with van der Waals surface area (Å²) in [7, 11) is 1.69. The fourth-order valence-electron chi connectivity index (χ4n) is 2.43. The first kappa shape index (κ1) is 14.4. The van der Waals surface area contributed by atoms with Crippen LogP contribution in [-0.4, -0.2) is 12.1 Å². The number of methoxy groups -OCH3 is 1. The number of aromatic nitrogens is 2. The number of rotatable bonds is 4. The van der Waals surface area contributed by atoms with Crippen molar-refractivity contribution in [2.75, 3.05) is 7.11 Å². The number of nitrogens with zero attached hydrogens (tertiary/aromatic N) is 1. The molecule has 5 heteroatoms. The molecule has 1 heterocycles. The molecule has 21 heavy (non-hydrogen) atoms. The first-order chi connectivity index (χ1) is 10.2. The molecule has 0 saturated carbocycles. The Morgan fingerprint density at radius 2 is 1.95 bits per heavy atom. The number of imidazole rings is 1. The first-order valence-electron chi connectivity index (χ1n) is 6.61. The third kappa shape index (κ3) is 2.91. The van der Waals surface area contributed by atoms with E-state index in [9.17, 15) is 0 Å². The summed E-state index contributed by atoms with van der Waals surface area (Å²) in [5.41, 5.74) is 3.22. The molecule has 0 aliphatic carbocycles. The number of ether oxygens (including phenoxy) is 1. The highest BCUT2D eigenvalue weighted by Gasteiger charge is 2.19. The second-order valence-corrected chi connectivity index (χ2v) is 5.69. The molecule has 0 amide bonds. The van der Waals surface area contributed by atoms with Gasteiger partial charge in [0.1, 0.15) is 13.2 Å². The Morgan fingerprint density at radius 3 is 2.71 bits per heavy atom. The lowest BCUT2D eigenvalue weighted by molar-refractivity contribution is -0.672. The SMILES string of the molecule is COCc1[nH]c2ccccc2[n+]1Cc1ccc(Cl)cc1Cl. The van der Waals surface area contributed by atoms with Crippen molar-refractivity contribution in [3.63, 3.8) is 0 Å². The van der Waals surface area contributed by atoms with Crippen LogP contribution in [0.15, 0.2) is 42.5 Å². The summed E-state index contributed by atoms with van der Waals surface area (Å²) < 4.78 is 7.45. The fraction of sp³-hybridized carbons (Fsp3) is 0.188. The van der Waals surface area contributed by atoms with Crippen molar-refractivity contribution in [1.82, 2.24) is 4.98 Å². The summed E-state index contributed by atoms with van der Waals surface area (Å²) in [5, 5.41) is 1.31. The molecule has 0 atom stereocenters. The summed E-state index contributed by atoms with van der Waals surface area (Å²) in [5.74, 6) is 1.00. The minimum absolute atomic E-state index is 0.514. The summed E-state index contributed by atoms with van der Waals surface area (Å²) in [6.07, 6.45) is 0. The Morgan fingerprint density at radius 1 is 1.14 bits per heavy atom. The Hall–Kier alpha value is -1.55. The van der Waals surface area contributed by atoms with Crippen LogP contribution in [0.25, 0.3) is 11.0 Å². The van der Waals surface area contributed by atoms with Crippen molar-refractivity contribution < 1.29 is 9.30 Å². The highest BCUT2D eigenvalue weighted by atomic mass is 35.5. The lowest BCUT2D eigenvalue weighted by Gasteiger charge is -2.05. The number of nitrogens with one attached hydrogen (secondary N) is 1. The second-order valence-electron chi connectivity index (χ2n) is 4.84. The van der Waals surface area contributed by atoms with Gasteiger partial charge in [-0.3, -0.25) is 0 Å². The summed E-state index contributed by atoms with van der Waals surface area (Å²) in [4.78, 5) is 3.39. The van der Waals surface area contributed by atoms with E-state index in [1.54, 1.807) is 13.2 Å². The van der Waals surface area contributed by atoms with Gasteiger partial charge in [0, 0.05) is 22.7 Å². The predicted octanol–water partition coefficient (Wildman–Crippen LogP) is 3.96. The van der Waals surface area contributed by atoms with Gasteiger partial charge >= 0.3 is 0 Å². The number of hydrogen-bond acceptors (Lipinski definition) is 1. The molecule has 0 bridgehead atoms. The molecule has 0 radical (unpaired) electrons. The monoisotopic (exact) mass is 321 g/mol. The van der Waals surface area contributed by atoms with Crippen LogP contribution in [0.4, 0.5) is 0 Å². The summed E-state index contributed by atoms with van der Waals surface area (Å²) >= 11 is 12.2. The molecule has 0 unspecified atom stereocenters. The van der Waals surface area contributed by atoms with E-state index in [0.29, 0.717) is 23.2 Å². The second kappa shape index (κ2) is 6.06. The van der Waals surface area contributed by atoms with Crippen LogP contribution < -0.4 is 4.57 Å². The maximum atomic E-state index is 6.29. The number of H-pyrrole nitrogens is 1. The van der Waals surface area contributed by atoms with Crippen LogP contribution in [0.3, 0.4) is 0 Å². The van der Waals surface area contributed by atoms with E-state index in [4.69, 9.17) is 27.9 Å². The van der Waals surface area contributed by atoms with Gasteiger partial charge in [0.2, 0.25) is 0 Å².